The maximum Gasteiger partial charge on any atom is 0.126 e. The molecule has 0 heterocycles. The van der Waals surface area contributed by atoms with Crippen LogP contribution in [0.1, 0.15) is 29.7 Å². The largest absolute Gasteiger partial charge is 0.310 e. The van der Waals surface area contributed by atoms with E-state index in [1.807, 2.05) is 13.0 Å². The molecule has 0 aliphatic rings. The van der Waals surface area contributed by atoms with Crippen molar-refractivity contribution in [2.75, 3.05) is 6.54 Å². The molecule has 0 radical (unpaired) electrons. The van der Waals surface area contributed by atoms with Crippen molar-refractivity contribution in [1.29, 1.82) is 0 Å². The van der Waals surface area contributed by atoms with E-state index in [4.69, 9.17) is 0 Å². The first-order valence-corrected chi connectivity index (χ1v) is 7.74. The lowest BCUT2D eigenvalue weighted by atomic mass is 9.97. The monoisotopic (exact) mass is 353 g/mol. The minimum Gasteiger partial charge on any atom is -0.310 e. The van der Waals surface area contributed by atoms with Crippen LogP contribution in [0.2, 0.25) is 0 Å². The number of benzene rings is 2. The van der Waals surface area contributed by atoms with Crippen LogP contribution in [0.15, 0.2) is 40.9 Å². The summed E-state index contributed by atoms with van der Waals surface area (Å²) in [6, 6.07) is 9.92. The number of nitrogens with one attached hydrogen (secondary N) is 1. The van der Waals surface area contributed by atoms with Crippen LogP contribution >= 0.6 is 15.9 Å². The molecule has 0 fully saturated rings. The Bertz CT molecular complexity index is 628. The first kappa shape index (κ1) is 16.1. The molecule has 2 aromatic carbocycles. The Morgan fingerprint density at radius 3 is 2.52 bits per heavy atom. The van der Waals surface area contributed by atoms with Crippen LogP contribution in [-0.2, 0) is 6.42 Å². The van der Waals surface area contributed by atoms with Crippen LogP contribution in [0, 0.1) is 18.6 Å². The molecule has 1 atom stereocenters. The summed E-state index contributed by atoms with van der Waals surface area (Å²) in [5.74, 6) is -0.458. The lowest BCUT2D eigenvalue weighted by Gasteiger charge is -2.20. The van der Waals surface area contributed by atoms with E-state index in [1.165, 1.54) is 18.2 Å². The molecule has 2 rings (SSSR count). The van der Waals surface area contributed by atoms with Gasteiger partial charge in [0, 0.05) is 10.5 Å². The Labute approximate surface area is 132 Å². The Balaban J connectivity index is 2.28. The lowest BCUT2D eigenvalue weighted by molar-refractivity contribution is 0.544. The Hall–Kier alpha value is -1.26. The number of halogens is 3. The molecule has 0 saturated heterocycles. The van der Waals surface area contributed by atoms with Crippen LogP contribution in [0.3, 0.4) is 0 Å². The average molecular weight is 354 g/mol. The van der Waals surface area contributed by atoms with Crippen LogP contribution in [0.5, 0.6) is 0 Å². The van der Waals surface area contributed by atoms with Gasteiger partial charge >= 0.3 is 0 Å². The van der Waals surface area contributed by atoms with Crippen LogP contribution < -0.4 is 5.32 Å². The second kappa shape index (κ2) is 7.14. The van der Waals surface area contributed by atoms with Gasteiger partial charge in [0.15, 0.2) is 0 Å². The van der Waals surface area contributed by atoms with Gasteiger partial charge in [-0.05, 0) is 54.8 Å². The SMILES string of the molecule is CCNC(Cc1ccc(F)cc1Br)c1ccc(F)c(C)c1. The average Bonchev–Trinajstić information content (AvgIpc) is 2.44. The summed E-state index contributed by atoms with van der Waals surface area (Å²) < 4.78 is 27.3. The molecule has 0 spiro atoms. The van der Waals surface area contributed by atoms with Crippen molar-refractivity contribution in [3.63, 3.8) is 0 Å². The van der Waals surface area contributed by atoms with Gasteiger partial charge in [-0.2, -0.15) is 0 Å². The van der Waals surface area contributed by atoms with Crippen molar-refractivity contribution in [2.45, 2.75) is 26.3 Å². The smallest absolute Gasteiger partial charge is 0.126 e. The van der Waals surface area contributed by atoms with E-state index < -0.39 is 0 Å². The molecule has 1 N–H and O–H groups in total. The molecule has 0 bridgehead atoms. The molecule has 2 aromatic rings. The third-order valence-corrected chi connectivity index (χ3v) is 4.21. The second-order valence-corrected chi connectivity index (χ2v) is 5.91. The zero-order valence-electron chi connectivity index (χ0n) is 12.1. The highest BCUT2D eigenvalue weighted by molar-refractivity contribution is 9.10. The summed E-state index contributed by atoms with van der Waals surface area (Å²) in [6.45, 7) is 4.60. The fraction of sp³-hybridized carbons (Fsp3) is 0.294. The third kappa shape index (κ3) is 4.11. The van der Waals surface area contributed by atoms with Crippen molar-refractivity contribution < 1.29 is 8.78 Å². The zero-order valence-corrected chi connectivity index (χ0v) is 13.7. The Morgan fingerprint density at radius 1 is 1.14 bits per heavy atom. The van der Waals surface area contributed by atoms with Gasteiger partial charge in [-0.3, -0.25) is 0 Å². The van der Waals surface area contributed by atoms with E-state index in [0.717, 1.165) is 22.1 Å². The number of likely N-dealkylation sites (N-methyl/N-ethyl adjacent to an activating group) is 1. The van der Waals surface area contributed by atoms with E-state index in [-0.39, 0.29) is 17.7 Å². The number of hydrogen-bond donors (Lipinski definition) is 1. The van der Waals surface area contributed by atoms with Gasteiger partial charge in [-0.15, -0.1) is 0 Å². The van der Waals surface area contributed by atoms with Crippen molar-refractivity contribution in [2.24, 2.45) is 0 Å². The molecular formula is C17H18BrF2N. The minimum absolute atomic E-state index is 0.0658. The van der Waals surface area contributed by atoms with Gasteiger partial charge in [-0.1, -0.05) is 41.1 Å². The number of aryl methyl sites for hydroxylation is 1. The molecule has 1 nitrogen and oxygen atoms in total. The van der Waals surface area contributed by atoms with Gasteiger partial charge in [0.05, 0.1) is 0 Å². The van der Waals surface area contributed by atoms with Gasteiger partial charge in [0.25, 0.3) is 0 Å². The molecule has 112 valence electrons. The molecule has 0 saturated carbocycles. The summed E-state index contributed by atoms with van der Waals surface area (Å²) >= 11 is 3.40. The highest BCUT2D eigenvalue weighted by atomic mass is 79.9. The summed E-state index contributed by atoms with van der Waals surface area (Å²) in [5.41, 5.74) is 2.69. The first-order chi connectivity index (χ1) is 10.0. The van der Waals surface area contributed by atoms with Gasteiger partial charge in [-0.25, -0.2) is 8.78 Å². The molecule has 0 aliphatic heterocycles. The quantitative estimate of drug-likeness (QED) is 0.803. The fourth-order valence-corrected chi connectivity index (χ4v) is 2.86. The van der Waals surface area contributed by atoms with E-state index in [1.54, 1.807) is 19.1 Å². The highest BCUT2D eigenvalue weighted by Gasteiger charge is 2.14. The van der Waals surface area contributed by atoms with Crippen molar-refractivity contribution in [3.8, 4) is 0 Å². The first-order valence-electron chi connectivity index (χ1n) is 6.94. The van der Waals surface area contributed by atoms with Crippen molar-refractivity contribution in [1.82, 2.24) is 5.32 Å². The van der Waals surface area contributed by atoms with E-state index in [9.17, 15) is 8.78 Å². The van der Waals surface area contributed by atoms with Crippen LogP contribution in [-0.4, -0.2) is 6.54 Å². The topological polar surface area (TPSA) is 12.0 Å². The molecule has 4 heteroatoms. The van der Waals surface area contributed by atoms with Gasteiger partial charge in [0.1, 0.15) is 11.6 Å². The molecule has 1 unspecified atom stereocenters. The Morgan fingerprint density at radius 2 is 1.90 bits per heavy atom. The summed E-state index contributed by atoms with van der Waals surface area (Å²) in [7, 11) is 0. The standard InChI is InChI=1S/C17H18BrF2N/c1-3-21-17(13-5-7-16(20)11(2)8-13)9-12-4-6-14(19)10-15(12)18/h4-8,10,17,21H,3,9H2,1-2H3. The maximum absolute atomic E-state index is 13.4. The van der Waals surface area contributed by atoms with E-state index in [2.05, 4.69) is 21.2 Å². The lowest BCUT2D eigenvalue weighted by Crippen LogP contribution is -2.23. The second-order valence-electron chi connectivity index (χ2n) is 5.06. The zero-order chi connectivity index (χ0) is 15.4. The fourth-order valence-electron chi connectivity index (χ4n) is 2.35. The van der Waals surface area contributed by atoms with Crippen LogP contribution in [0.4, 0.5) is 8.78 Å². The third-order valence-electron chi connectivity index (χ3n) is 3.47. The van der Waals surface area contributed by atoms with Crippen LogP contribution in [0.25, 0.3) is 0 Å². The molecule has 0 amide bonds. The minimum atomic E-state index is -0.261. The van der Waals surface area contributed by atoms with Crippen molar-refractivity contribution >= 4 is 15.9 Å². The maximum atomic E-state index is 13.4. The summed E-state index contributed by atoms with van der Waals surface area (Å²) in [6.07, 6.45) is 0.708. The van der Waals surface area contributed by atoms with Crippen molar-refractivity contribution in [3.05, 3.63) is 69.2 Å². The molecule has 0 aliphatic carbocycles. The predicted octanol–water partition coefficient (Wildman–Crippen LogP) is 4.93. The number of rotatable bonds is 5. The van der Waals surface area contributed by atoms with E-state index in [0.29, 0.717) is 12.0 Å². The predicted molar refractivity (Wildman–Crippen MR) is 85.4 cm³/mol. The van der Waals surface area contributed by atoms with Gasteiger partial charge < -0.3 is 5.32 Å². The number of hydrogen-bond acceptors (Lipinski definition) is 1. The summed E-state index contributed by atoms with van der Waals surface area (Å²) in [5, 5.41) is 3.40. The molecule has 21 heavy (non-hydrogen) atoms. The van der Waals surface area contributed by atoms with Gasteiger partial charge in [0.2, 0.25) is 0 Å². The highest BCUT2D eigenvalue weighted by Crippen LogP contribution is 2.25. The normalized spacial score (nSPS) is 12.4. The Kier molecular flexibility index (Phi) is 5.48. The molecular weight excluding hydrogens is 336 g/mol. The molecule has 0 aromatic heterocycles. The summed E-state index contributed by atoms with van der Waals surface area (Å²) in [4.78, 5) is 0. The van der Waals surface area contributed by atoms with E-state index >= 15 is 0 Å².